The Balaban J connectivity index is 3.37. The molecular weight excluding hydrogens is 148 g/mol. The third-order valence-corrected chi connectivity index (χ3v) is 1.95. The molecule has 72 valence electrons. The van der Waals surface area contributed by atoms with E-state index >= 15 is 0 Å². The van der Waals surface area contributed by atoms with Gasteiger partial charge in [-0.25, -0.2) is 0 Å². The molecule has 0 aliphatic heterocycles. The van der Waals surface area contributed by atoms with E-state index in [0.717, 1.165) is 6.42 Å². The van der Waals surface area contributed by atoms with Crippen molar-refractivity contribution >= 4 is 0 Å². The molecule has 0 heterocycles. The van der Waals surface area contributed by atoms with Crippen molar-refractivity contribution in [3.8, 4) is 0 Å². The van der Waals surface area contributed by atoms with Crippen molar-refractivity contribution < 1.29 is 5.11 Å². The summed E-state index contributed by atoms with van der Waals surface area (Å²) in [5, 5.41) is 9.05. The monoisotopic (exact) mass is 170 g/mol. The van der Waals surface area contributed by atoms with Gasteiger partial charge in [0.05, 0.1) is 6.10 Å². The first kappa shape index (κ1) is 11.7. The molecule has 0 spiro atoms. The van der Waals surface area contributed by atoms with Crippen LogP contribution in [0.1, 0.15) is 52.9 Å². The minimum atomic E-state index is -0.281. The molecule has 1 N–H and O–H groups in total. The van der Waals surface area contributed by atoms with Crippen LogP contribution >= 0.6 is 0 Å². The highest BCUT2D eigenvalue weighted by Crippen LogP contribution is 2.09. The van der Waals surface area contributed by atoms with Crippen LogP contribution in [0.2, 0.25) is 0 Å². The summed E-state index contributed by atoms with van der Waals surface area (Å²) < 4.78 is 0. The zero-order chi connectivity index (χ0) is 9.40. The van der Waals surface area contributed by atoms with Crippen molar-refractivity contribution in [2.75, 3.05) is 0 Å². The lowest BCUT2D eigenvalue weighted by Crippen LogP contribution is -1.94. The highest BCUT2D eigenvalue weighted by atomic mass is 16.3. The van der Waals surface area contributed by atoms with E-state index < -0.39 is 0 Å². The fourth-order valence-corrected chi connectivity index (χ4v) is 1.33. The molecule has 1 heteroatoms. The minimum Gasteiger partial charge on any atom is -0.389 e. The molecule has 0 aromatic heterocycles. The molecule has 0 saturated carbocycles. The average molecular weight is 170 g/mol. The molecule has 0 amide bonds. The highest BCUT2D eigenvalue weighted by Gasteiger charge is 1.93. The largest absolute Gasteiger partial charge is 0.389 e. The van der Waals surface area contributed by atoms with E-state index in [1.54, 1.807) is 6.92 Å². The first-order valence-corrected chi connectivity index (χ1v) is 5.02. The summed E-state index contributed by atoms with van der Waals surface area (Å²) in [6.07, 6.45) is 8.01. The predicted molar refractivity (Wildman–Crippen MR) is 54.2 cm³/mol. The van der Waals surface area contributed by atoms with Crippen molar-refractivity contribution in [3.05, 3.63) is 11.6 Å². The van der Waals surface area contributed by atoms with Gasteiger partial charge >= 0.3 is 0 Å². The Kier molecular flexibility index (Phi) is 7.17. The zero-order valence-corrected chi connectivity index (χ0v) is 8.64. The van der Waals surface area contributed by atoms with Crippen LogP contribution in [0.5, 0.6) is 0 Å². The Hall–Kier alpha value is -0.300. The molecule has 12 heavy (non-hydrogen) atoms. The maximum absolute atomic E-state index is 9.05. The van der Waals surface area contributed by atoms with Gasteiger partial charge in [-0.3, -0.25) is 0 Å². The molecule has 0 fully saturated rings. The first-order valence-electron chi connectivity index (χ1n) is 5.02. The van der Waals surface area contributed by atoms with E-state index in [9.17, 15) is 0 Å². The number of aliphatic hydroxyl groups excluding tert-OH is 1. The number of unbranched alkanes of at least 4 members (excludes halogenated alkanes) is 3. The van der Waals surface area contributed by atoms with Gasteiger partial charge in [-0.2, -0.15) is 0 Å². The van der Waals surface area contributed by atoms with Gasteiger partial charge < -0.3 is 5.11 Å². The van der Waals surface area contributed by atoms with Gasteiger partial charge in [0.1, 0.15) is 0 Å². The van der Waals surface area contributed by atoms with Crippen molar-refractivity contribution in [2.45, 2.75) is 59.0 Å². The van der Waals surface area contributed by atoms with Crippen LogP contribution in [-0.2, 0) is 0 Å². The summed E-state index contributed by atoms with van der Waals surface area (Å²) in [6.45, 7) is 6.12. The van der Waals surface area contributed by atoms with Gasteiger partial charge in [0.25, 0.3) is 0 Å². The number of allylic oxidation sites excluding steroid dienone is 1. The molecule has 0 bridgehead atoms. The lowest BCUT2D eigenvalue weighted by molar-refractivity contribution is 0.243. The molecule has 0 aromatic carbocycles. The topological polar surface area (TPSA) is 20.2 Å². The van der Waals surface area contributed by atoms with Gasteiger partial charge in [-0.05, 0) is 26.7 Å². The van der Waals surface area contributed by atoms with Crippen molar-refractivity contribution in [1.82, 2.24) is 0 Å². The summed E-state index contributed by atoms with van der Waals surface area (Å²) >= 11 is 0. The van der Waals surface area contributed by atoms with Crippen LogP contribution in [0.25, 0.3) is 0 Å². The van der Waals surface area contributed by atoms with E-state index in [2.05, 4.69) is 13.8 Å². The Morgan fingerprint density at radius 3 is 2.50 bits per heavy atom. The Morgan fingerprint density at radius 1 is 1.33 bits per heavy atom. The smallest absolute Gasteiger partial charge is 0.0695 e. The van der Waals surface area contributed by atoms with E-state index in [4.69, 9.17) is 5.11 Å². The molecule has 0 radical (unpaired) electrons. The predicted octanol–water partition coefficient (Wildman–Crippen LogP) is 3.28. The highest BCUT2D eigenvalue weighted by molar-refractivity contribution is 5.00. The molecule has 0 aliphatic carbocycles. The van der Waals surface area contributed by atoms with E-state index in [-0.39, 0.29) is 6.10 Å². The van der Waals surface area contributed by atoms with Gasteiger partial charge in [-0.1, -0.05) is 37.8 Å². The van der Waals surface area contributed by atoms with Crippen LogP contribution in [-0.4, -0.2) is 11.2 Å². The second-order valence-electron chi connectivity index (χ2n) is 3.56. The third-order valence-electron chi connectivity index (χ3n) is 1.95. The Bertz CT molecular complexity index is 125. The molecule has 1 unspecified atom stereocenters. The summed E-state index contributed by atoms with van der Waals surface area (Å²) in [5.41, 5.74) is 1.32. The second kappa shape index (κ2) is 7.35. The fraction of sp³-hybridized carbons (Fsp3) is 0.818. The fourth-order valence-electron chi connectivity index (χ4n) is 1.33. The van der Waals surface area contributed by atoms with Crippen LogP contribution in [0, 0.1) is 0 Å². The van der Waals surface area contributed by atoms with Crippen molar-refractivity contribution in [3.63, 3.8) is 0 Å². The zero-order valence-electron chi connectivity index (χ0n) is 8.64. The lowest BCUT2D eigenvalue weighted by atomic mass is 10.1. The normalized spacial score (nSPS) is 14.8. The minimum absolute atomic E-state index is 0.281. The van der Waals surface area contributed by atoms with Gasteiger partial charge in [0.15, 0.2) is 0 Å². The molecule has 0 aromatic rings. The maximum Gasteiger partial charge on any atom is 0.0695 e. The van der Waals surface area contributed by atoms with E-state index in [0.29, 0.717) is 0 Å². The number of hydrogen-bond donors (Lipinski definition) is 1. The second-order valence-corrected chi connectivity index (χ2v) is 3.56. The summed E-state index contributed by atoms with van der Waals surface area (Å²) in [5.74, 6) is 0. The Labute approximate surface area is 76.5 Å². The number of rotatable bonds is 6. The lowest BCUT2D eigenvalue weighted by Gasteiger charge is -2.02. The molecule has 1 nitrogen and oxygen atoms in total. The summed E-state index contributed by atoms with van der Waals surface area (Å²) in [6, 6.07) is 0. The van der Waals surface area contributed by atoms with E-state index in [1.165, 1.54) is 31.3 Å². The quantitative estimate of drug-likeness (QED) is 0.479. The van der Waals surface area contributed by atoms with Crippen molar-refractivity contribution in [2.24, 2.45) is 0 Å². The average Bonchev–Trinajstić information content (AvgIpc) is 1.97. The summed E-state index contributed by atoms with van der Waals surface area (Å²) in [4.78, 5) is 0. The third kappa shape index (κ3) is 7.80. The van der Waals surface area contributed by atoms with Crippen LogP contribution in [0.4, 0.5) is 0 Å². The number of aliphatic hydroxyl groups is 1. The first-order chi connectivity index (χ1) is 5.66. The SMILES string of the molecule is CCCCCCC(C)=CC(C)O. The van der Waals surface area contributed by atoms with Gasteiger partial charge in [-0.15, -0.1) is 0 Å². The Morgan fingerprint density at radius 2 is 2.00 bits per heavy atom. The van der Waals surface area contributed by atoms with Crippen LogP contribution < -0.4 is 0 Å². The van der Waals surface area contributed by atoms with Gasteiger partial charge in [0.2, 0.25) is 0 Å². The molecular formula is C11H22O. The number of hydrogen-bond acceptors (Lipinski definition) is 1. The standard InChI is InChI=1S/C11H22O/c1-4-5-6-7-8-10(2)9-11(3)12/h9,11-12H,4-8H2,1-3H3. The summed E-state index contributed by atoms with van der Waals surface area (Å²) in [7, 11) is 0. The molecule has 0 aliphatic rings. The van der Waals surface area contributed by atoms with Crippen molar-refractivity contribution in [1.29, 1.82) is 0 Å². The van der Waals surface area contributed by atoms with Crippen LogP contribution in [0.3, 0.4) is 0 Å². The molecule has 0 saturated heterocycles. The maximum atomic E-state index is 9.05. The van der Waals surface area contributed by atoms with E-state index in [1.807, 2.05) is 6.08 Å². The van der Waals surface area contributed by atoms with Gasteiger partial charge in [0, 0.05) is 0 Å². The molecule has 1 atom stereocenters. The molecule has 0 rings (SSSR count). The van der Waals surface area contributed by atoms with Crippen LogP contribution in [0.15, 0.2) is 11.6 Å².